The summed E-state index contributed by atoms with van der Waals surface area (Å²) in [6.45, 7) is 3.19. The van der Waals surface area contributed by atoms with E-state index < -0.39 is 28.5 Å². The minimum Gasteiger partial charge on any atom is -0.383 e. The number of benzene rings is 2. The van der Waals surface area contributed by atoms with Crippen molar-refractivity contribution in [3.63, 3.8) is 0 Å². The van der Waals surface area contributed by atoms with Crippen LogP contribution in [0.1, 0.15) is 31.4 Å². The lowest BCUT2D eigenvalue weighted by atomic mass is 10.0. The molecule has 1 amide bonds. The summed E-state index contributed by atoms with van der Waals surface area (Å²) in [7, 11) is 1.61. The van der Waals surface area contributed by atoms with Gasteiger partial charge < -0.3 is 5.11 Å². The van der Waals surface area contributed by atoms with Gasteiger partial charge in [-0.15, -0.1) is 0 Å². The summed E-state index contributed by atoms with van der Waals surface area (Å²) in [6, 6.07) is 12.1. The number of aliphatic hydroxyl groups excluding tert-OH is 1. The van der Waals surface area contributed by atoms with Crippen LogP contribution in [0.3, 0.4) is 0 Å². The first-order valence-corrected chi connectivity index (χ1v) is 10.7. The number of carbonyl (C=O) groups excluding carboxylic acids is 1. The molecule has 2 atom stereocenters. The van der Waals surface area contributed by atoms with Crippen LogP contribution < -0.4 is 5.48 Å². The van der Waals surface area contributed by atoms with E-state index in [2.05, 4.69) is 15.6 Å². The number of hydrogen-bond acceptors (Lipinski definition) is 6. The first kappa shape index (κ1) is 23.8. The third kappa shape index (κ3) is 4.98. The molecule has 7 nitrogen and oxygen atoms in total. The summed E-state index contributed by atoms with van der Waals surface area (Å²) < 4.78 is 28.4. The van der Waals surface area contributed by atoms with Gasteiger partial charge >= 0.3 is 0 Å². The van der Waals surface area contributed by atoms with E-state index in [1.165, 1.54) is 6.92 Å². The largest absolute Gasteiger partial charge is 0.383 e. The Kier molecular flexibility index (Phi) is 7.60. The first-order chi connectivity index (χ1) is 15.3. The Morgan fingerprint density at radius 3 is 2.69 bits per heavy atom. The van der Waals surface area contributed by atoms with Crippen molar-refractivity contribution < 1.29 is 23.5 Å². The lowest BCUT2D eigenvalue weighted by Gasteiger charge is -2.36. The molecule has 0 fully saturated rings. The molecule has 0 saturated carbocycles. The highest BCUT2D eigenvalue weighted by molar-refractivity contribution is 8.15. The molecule has 0 spiro atoms. The average Bonchev–Trinajstić information content (AvgIpc) is 3.18. The van der Waals surface area contributed by atoms with Crippen molar-refractivity contribution in [1.82, 2.24) is 10.5 Å². The van der Waals surface area contributed by atoms with Crippen molar-refractivity contribution in [3.05, 3.63) is 71.3 Å². The molecular formula is C22H24F2N4O3S. The van der Waals surface area contributed by atoms with Gasteiger partial charge in [-0.3, -0.25) is 20.1 Å². The fourth-order valence-corrected chi connectivity index (χ4v) is 4.51. The van der Waals surface area contributed by atoms with Gasteiger partial charge in [0.15, 0.2) is 0 Å². The van der Waals surface area contributed by atoms with Crippen molar-refractivity contribution in [2.24, 2.45) is 10.1 Å². The molecule has 0 bridgehead atoms. The molecule has 1 unspecified atom stereocenters. The predicted octanol–water partition coefficient (Wildman–Crippen LogP) is 3.40. The van der Waals surface area contributed by atoms with Crippen LogP contribution >= 0.6 is 11.8 Å². The number of hydrazone groups is 1. The molecule has 2 N–H and O–H groups in total. The van der Waals surface area contributed by atoms with Gasteiger partial charge in [0.25, 0.3) is 5.91 Å². The zero-order valence-electron chi connectivity index (χ0n) is 17.9. The van der Waals surface area contributed by atoms with Crippen LogP contribution in [0, 0.1) is 11.6 Å². The summed E-state index contributed by atoms with van der Waals surface area (Å²) in [5, 5.41) is 15.6. The second-order valence-electron chi connectivity index (χ2n) is 7.12. The normalized spacial score (nSPS) is 19.6. The Morgan fingerprint density at radius 1 is 1.31 bits per heavy atom. The number of nitrogens with one attached hydrogen (secondary N) is 1. The molecule has 170 valence electrons. The van der Waals surface area contributed by atoms with Crippen LogP contribution in [0.25, 0.3) is 0 Å². The van der Waals surface area contributed by atoms with Crippen LogP contribution in [0.5, 0.6) is 0 Å². The Bertz CT molecular complexity index is 1030. The number of aliphatic hydroxyl groups is 1. The van der Waals surface area contributed by atoms with E-state index in [1.54, 1.807) is 26.1 Å². The molecule has 0 aliphatic carbocycles. The highest BCUT2D eigenvalue weighted by atomic mass is 32.2. The number of amides is 1. The molecule has 1 aliphatic rings. The molecule has 2 aromatic rings. The minimum atomic E-state index is -1.35. The second kappa shape index (κ2) is 10.2. The average molecular weight is 463 g/mol. The smallest absolute Gasteiger partial charge is 0.272 e. The summed E-state index contributed by atoms with van der Waals surface area (Å²) in [4.78, 5) is 21.2. The van der Waals surface area contributed by atoms with Gasteiger partial charge in [-0.25, -0.2) is 13.8 Å². The molecule has 0 aromatic heterocycles. The number of thioether (sulfide) groups is 1. The van der Waals surface area contributed by atoms with Crippen molar-refractivity contribution in [2.45, 2.75) is 31.2 Å². The summed E-state index contributed by atoms with van der Waals surface area (Å²) in [5.74, 6) is -1.41. The molecule has 32 heavy (non-hydrogen) atoms. The van der Waals surface area contributed by atoms with E-state index in [0.29, 0.717) is 11.4 Å². The van der Waals surface area contributed by atoms with Gasteiger partial charge in [-0.1, -0.05) is 42.1 Å². The third-order valence-electron chi connectivity index (χ3n) is 4.85. The lowest BCUT2D eigenvalue weighted by Crippen LogP contribution is -2.46. The SMILES string of the molecule is C/N=C(\C)NOCCC1(c2ccccc2)SC(c2cc(F)ccc2F)=NN1C(=O)[C@H](C)O. The number of carbonyl (C=O) groups is 1. The number of hydroxylamine groups is 1. The highest BCUT2D eigenvalue weighted by Gasteiger charge is 2.49. The van der Waals surface area contributed by atoms with Gasteiger partial charge in [0.05, 0.1) is 6.61 Å². The quantitative estimate of drug-likeness (QED) is 0.285. The minimum absolute atomic E-state index is 0.0656. The van der Waals surface area contributed by atoms with Gasteiger partial charge in [0, 0.05) is 19.0 Å². The maximum absolute atomic E-state index is 14.5. The Hall–Kier alpha value is -2.82. The van der Waals surface area contributed by atoms with Crippen molar-refractivity contribution in [1.29, 1.82) is 0 Å². The summed E-state index contributed by atoms with van der Waals surface area (Å²) >= 11 is 1.10. The van der Waals surface area contributed by atoms with E-state index >= 15 is 0 Å². The van der Waals surface area contributed by atoms with Crippen LogP contribution in [-0.2, 0) is 14.5 Å². The molecule has 0 saturated heterocycles. The Morgan fingerprint density at radius 2 is 2.03 bits per heavy atom. The van der Waals surface area contributed by atoms with Gasteiger partial charge in [0.1, 0.15) is 33.5 Å². The maximum Gasteiger partial charge on any atom is 0.272 e. The first-order valence-electron chi connectivity index (χ1n) is 9.90. The topological polar surface area (TPSA) is 86.5 Å². The fourth-order valence-electron chi connectivity index (χ4n) is 3.14. The van der Waals surface area contributed by atoms with Crippen molar-refractivity contribution >= 4 is 28.5 Å². The van der Waals surface area contributed by atoms with Crippen molar-refractivity contribution in [2.75, 3.05) is 13.7 Å². The molecule has 0 radical (unpaired) electrons. The fraction of sp³-hybridized carbons (Fsp3) is 0.318. The van der Waals surface area contributed by atoms with E-state index in [0.717, 1.165) is 35.0 Å². The molecule has 2 aromatic carbocycles. The van der Waals surface area contributed by atoms with E-state index in [1.807, 2.05) is 18.2 Å². The zero-order chi connectivity index (χ0) is 23.3. The Balaban J connectivity index is 2.04. The van der Waals surface area contributed by atoms with Crippen LogP contribution in [0.4, 0.5) is 8.78 Å². The van der Waals surface area contributed by atoms with Gasteiger partial charge in [-0.2, -0.15) is 5.10 Å². The monoisotopic (exact) mass is 462 g/mol. The predicted molar refractivity (Wildman–Crippen MR) is 120 cm³/mol. The van der Waals surface area contributed by atoms with Crippen LogP contribution in [0.2, 0.25) is 0 Å². The molecule has 1 heterocycles. The molecule has 10 heteroatoms. The van der Waals surface area contributed by atoms with Crippen LogP contribution in [0.15, 0.2) is 58.6 Å². The lowest BCUT2D eigenvalue weighted by molar-refractivity contribution is -0.143. The number of halogens is 2. The third-order valence-corrected chi connectivity index (χ3v) is 6.29. The second-order valence-corrected chi connectivity index (χ2v) is 8.38. The molecule has 3 rings (SSSR count). The molecule has 1 aliphatic heterocycles. The zero-order valence-corrected chi connectivity index (χ0v) is 18.7. The standard InChI is InChI=1S/C22H24F2N4O3S/c1-14(29)21(30)28-22(16-7-5-4-6-8-16,11-12-31-27-15(2)25-3)32-20(26-28)18-13-17(23)9-10-19(18)24/h4-10,13-14,29H,11-12H2,1-3H3,(H,25,27)/t14-,22?/m0/s1. The number of amidine groups is 1. The highest BCUT2D eigenvalue weighted by Crippen LogP contribution is 2.50. The summed E-state index contributed by atoms with van der Waals surface area (Å²) in [5.41, 5.74) is 3.32. The van der Waals surface area contributed by atoms with Crippen LogP contribution in [-0.4, -0.2) is 46.7 Å². The molecular weight excluding hydrogens is 438 g/mol. The number of nitrogens with zero attached hydrogens (tertiary/aromatic N) is 3. The van der Waals surface area contributed by atoms with E-state index in [9.17, 15) is 18.7 Å². The van der Waals surface area contributed by atoms with E-state index in [-0.39, 0.29) is 23.6 Å². The maximum atomic E-state index is 14.5. The number of rotatable bonds is 7. The summed E-state index contributed by atoms with van der Waals surface area (Å²) in [6.07, 6.45) is -1.12. The Labute approximate surface area is 189 Å². The number of hydrogen-bond donors (Lipinski definition) is 2. The van der Waals surface area contributed by atoms with Gasteiger partial charge in [0.2, 0.25) is 0 Å². The number of aliphatic imine (C=N–C) groups is 1. The van der Waals surface area contributed by atoms with Crippen molar-refractivity contribution in [3.8, 4) is 0 Å². The van der Waals surface area contributed by atoms with E-state index in [4.69, 9.17) is 4.84 Å². The van der Waals surface area contributed by atoms with Gasteiger partial charge in [-0.05, 0) is 37.6 Å².